The second-order valence-electron chi connectivity index (χ2n) is 10.4. The summed E-state index contributed by atoms with van der Waals surface area (Å²) in [6.45, 7) is 6.11. The van der Waals surface area contributed by atoms with Crippen LogP contribution in [-0.4, -0.2) is 79.3 Å². The number of carbonyl (C=O) groups is 1. The predicted molar refractivity (Wildman–Crippen MR) is 153 cm³/mol. The average Bonchev–Trinajstić information content (AvgIpc) is 3.36. The number of amides is 1. The molecule has 2 aromatic carbocycles. The lowest BCUT2D eigenvalue weighted by molar-refractivity contribution is 0.115. The number of nitrogens with zero attached hydrogens (tertiary/aromatic N) is 7. The summed E-state index contributed by atoms with van der Waals surface area (Å²) >= 11 is 6.40. The molecule has 5 rings (SSSR count). The molecule has 1 saturated heterocycles. The molecule has 1 aliphatic rings. The fourth-order valence-corrected chi connectivity index (χ4v) is 5.69. The lowest BCUT2D eigenvalue weighted by Gasteiger charge is -2.49. The lowest BCUT2D eigenvalue weighted by Crippen LogP contribution is -2.58. The summed E-state index contributed by atoms with van der Waals surface area (Å²) in [5, 5.41) is 9.28. The largest absolute Gasteiger partial charge is 0.465 e. The van der Waals surface area contributed by atoms with Gasteiger partial charge in [0, 0.05) is 45.3 Å². The van der Waals surface area contributed by atoms with Gasteiger partial charge in [-0.15, -0.1) is 0 Å². The maximum Gasteiger partial charge on any atom is 0.407 e. The highest BCUT2D eigenvalue weighted by Gasteiger charge is 2.37. The number of hydrogen-bond acceptors (Lipinski definition) is 6. The number of carboxylic acid groups (broad SMARTS) is 1. The van der Waals surface area contributed by atoms with Crippen LogP contribution < -0.4 is 4.90 Å². The Labute approximate surface area is 242 Å². The van der Waals surface area contributed by atoms with Crippen LogP contribution in [0.3, 0.4) is 0 Å². The summed E-state index contributed by atoms with van der Waals surface area (Å²) in [6, 6.07) is 12.8. The average molecular weight is 584 g/mol. The topological polar surface area (TPSA) is 90.6 Å². The quantitative estimate of drug-likeness (QED) is 0.276. The van der Waals surface area contributed by atoms with E-state index < -0.39 is 6.09 Å². The molecule has 1 aliphatic heterocycles. The van der Waals surface area contributed by atoms with E-state index >= 15 is 0 Å². The van der Waals surface area contributed by atoms with Crippen LogP contribution in [0.2, 0.25) is 5.28 Å². The molecule has 0 saturated carbocycles. The highest BCUT2D eigenvalue weighted by molar-refractivity contribution is 6.28. The second-order valence-corrected chi connectivity index (χ2v) is 10.7. The molecule has 0 radical (unpaired) electrons. The van der Waals surface area contributed by atoms with E-state index in [1.54, 1.807) is 35.2 Å². The number of rotatable bonds is 8. The summed E-state index contributed by atoms with van der Waals surface area (Å²) < 4.78 is 29.5. The number of likely N-dealkylation sites (N-methyl/N-ethyl adjacent to an activating group) is 1. The van der Waals surface area contributed by atoms with Crippen LogP contribution in [-0.2, 0) is 6.54 Å². The van der Waals surface area contributed by atoms with Crippen LogP contribution in [0.4, 0.5) is 19.4 Å². The van der Waals surface area contributed by atoms with Gasteiger partial charge in [0.1, 0.15) is 11.6 Å². The molecular formula is C29H32ClF2N7O2. The number of anilines is 1. The Hall–Kier alpha value is -3.83. The molecule has 1 amide bonds. The monoisotopic (exact) mass is 583 g/mol. The van der Waals surface area contributed by atoms with Gasteiger partial charge in [0.25, 0.3) is 0 Å². The maximum absolute atomic E-state index is 13.8. The van der Waals surface area contributed by atoms with E-state index in [0.29, 0.717) is 36.6 Å². The van der Waals surface area contributed by atoms with Gasteiger partial charge in [0.05, 0.1) is 12.4 Å². The van der Waals surface area contributed by atoms with Crippen molar-refractivity contribution in [3.8, 4) is 0 Å². The highest BCUT2D eigenvalue weighted by Crippen LogP contribution is 2.37. The number of benzene rings is 2. The van der Waals surface area contributed by atoms with Crippen molar-refractivity contribution in [2.24, 2.45) is 0 Å². The number of aromatic nitrogens is 4. The van der Waals surface area contributed by atoms with Gasteiger partial charge in [-0.2, -0.15) is 9.97 Å². The first kappa shape index (κ1) is 28.7. The van der Waals surface area contributed by atoms with E-state index in [1.165, 1.54) is 36.2 Å². The molecule has 2 atom stereocenters. The number of hydrogen-bond donors (Lipinski definition) is 1. The molecule has 4 aromatic rings. The number of halogens is 3. The van der Waals surface area contributed by atoms with Crippen molar-refractivity contribution in [3.63, 3.8) is 0 Å². The Balaban J connectivity index is 1.48. The van der Waals surface area contributed by atoms with Gasteiger partial charge >= 0.3 is 6.09 Å². The minimum Gasteiger partial charge on any atom is -0.465 e. The van der Waals surface area contributed by atoms with Crippen LogP contribution in [0.5, 0.6) is 0 Å². The normalized spacial score (nSPS) is 17.9. The molecule has 216 valence electrons. The zero-order valence-electron chi connectivity index (χ0n) is 23.1. The Morgan fingerprint density at radius 1 is 1.07 bits per heavy atom. The SMILES string of the molecule is CC[C@@H]1CN(c2nc(Cl)nc3c2ncn3CCN(C)C(=O)O)[C@@H](C)CN1C(c1ccc(F)cc1)c1ccc(F)cc1. The van der Waals surface area contributed by atoms with Crippen LogP contribution >= 0.6 is 11.6 Å². The summed E-state index contributed by atoms with van der Waals surface area (Å²) in [6.07, 6.45) is 1.44. The summed E-state index contributed by atoms with van der Waals surface area (Å²) in [5.74, 6) is 0.00196. The van der Waals surface area contributed by atoms with Crippen LogP contribution in [0.1, 0.15) is 37.4 Å². The van der Waals surface area contributed by atoms with Crippen molar-refractivity contribution >= 4 is 34.7 Å². The van der Waals surface area contributed by atoms with Gasteiger partial charge in [-0.05, 0) is 60.3 Å². The van der Waals surface area contributed by atoms with Crippen molar-refractivity contribution in [1.29, 1.82) is 0 Å². The van der Waals surface area contributed by atoms with E-state index in [0.717, 1.165) is 17.5 Å². The number of piperazine rings is 1. The van der Waals surface area contributed by atoms with Crippen molar-refractivity contribution in [2.75, 3.05) is 31.6 Å². The molecule has 3 heterocycles. The highest BCUT2D eigenvalue weighted by atomic mass is 35.5. The van der Waals surface area contributed by atoms with Crippen molar-refractivity contribution in [3.05, 3.63) is 82.9 Å². The molecule has 41 heavy (non-hydrogen) atoms. The Morgan fingerprint density at radius 3 is 2.24 bits per heavy atom. The first-order chi connectivity index (χ1) is 19.7. The van der Waals surface area contributed by atoms with E-state index in [2.05, 4.69) is 38.6 Å². The fourth-order valence-electron chi connectivity index (χ4n) is 5.53. The van der Waals surface area contributed by atoms with Crippen LogP contribution in [0.25, 0.3) is 11.2 Å². The van der Waals surface area contributed by atoms with Gasteiger partial charge < -0.3 is 19.5 Å². The number of imidazole rings is 1. The standard InChI is InChI=1S/C29H32ClF2N7O2/c1-4-23-16-38(27-24-26(34-28(30)35-27)37(17-33-24)14-13-36(3)29(40)41)18(2)15-39(23)25(19-5-9-21(31)10-6-19)20-7-11-22(32)12-8-20/h5-12,17-18,23,25H,4,13-16H2,1-3H3,(H,40,41)/t18-,23+/m0/s1. The second kappa shape index (κ2) is 12.0. The minimum absolute atomic E-state index is 0.0151. The third kappa shape index (κ3) is 5.96. The molecular weight excluding hydrogens is 552 g/mol. The summed E-state index contributed by atoms with van der Waals surface area (Å²) in [4.78, 5) is 30.6. The van der Waals surface area contributed by atoms with Gasteiger partial charge in [0.2, 0.25) is 5.28 Å². The van der Waals surface area contributed by atoms with Crippen molar-refractivity contribution in [1.82, 2.24) is 29.3 Å². The Kier molecular flexibility index (Phi) is 8.37. The lowest BCUT2D eigenvalue weighted by atomic mass is 9.92. The zero-order valence-corrected chi connectivity index (χ0v) is 23.8. The fraction of sp³-hybridized carbons (Fsp3) is 0.379. The maximum atomic E-state index is 13.8. The van der Waals surface area contributed by atoms with Crippen LogP contribution in [0.15, 0.2) is 54.9 Å². The minimum atomic E-state index is -1.01. The van der Waals surface area contributed by atoms with Gasteiger partial charge in [-0.25, -0.2) is 18.6 Å². The molecule has 0 aliphatic carbocycles. The molecule has 0 bridgehead atoms. The molecule has 9 nitrogen and oxygen atoms in total. The number of fused-ring (bicyclic) bond motifs is 1. The molecule has 1 N–H and O–H groups in total. The molecule has 12 heteroatoms. The van der Waals surface area contributed by atoms with E-state index in [-0.39, 0.29) is 41.6 Å². The van der Waals surface area contributed by atoms with Gasteiger partial charge in [-0.1, -0.05) is 31.2 Å². The molecule has 0 unspecified atom stereocenters. The Morgan fingerprint density at radius 2 is 1.68 bits per heavy atom. The zero-order chi connectivity index (χ0) is 29.3. The summed E-state index contributed by atoms with van der Waals surface area (Å²) in [5.41, 5.74) is 2.98. The van der Waals surface area contributed by atoms with Gasteiger partial charge in [0.15, 0.2) is 17.0 Å². The molecule has 2 aromatic heterocycles. The predicted octanol–water partition coefficient (Wildman–Crippen LogP) is 5.45. The van der Waals surface area contributed by atoms with Crippen LogP contribution in [0, 0.1) is 11.6 Å². The Bertz CT molecular complexity index is 1470. The van der Waals surface area contributed by atoms with Crippen molar-refractivity contribution < 1.29 is 18.7 Å². The molecule has 1 fully saturated rings. The van der Waals surface area contributed by atoms with Crippen molar-refractivity contribution in [2.45, 2.75) is 44.9 Å². The van der Waals surface area contributed by atoms with Gasteiger partial charge in [-0.3, -0.25) is 4.90 Å². The van der Waals surface area contributed by atoms with E-state index in [1.807, 2.05) is 0 Å². The smallest absolute Gasteiger partial charge is 0.407 e. The van der Waals surface area contributed by atoms with E-state index in [4.69, 9.17) is 11.6 Å². The molecule has 0 spiro atoms. The van der Waals surface area contributed by atoms with E-state index in [9.17, 15) is 18.7 Å². The first-order valence-corrected chi connectivity index (χ1v) is 13.9. The first-order valence-electron chi connectivity index (χ1n) is 13.5. The summed E-state index contributed by atoms with van der Waals surface area (Å²) in [7, 11) is 1.51. The third-order valence-electron chi connectivity index (χ3n) is 7.75. The third-order valence-corrected chi connectivity index (χ3v) is 7.92.